The summed E-state index contributed by atoms with van der Waals surface area (Å²) in [5.41, 5.74) is 6.50. The number of hydrogen-bond acceptors (Lipinski definition) is 3. The molecule has 126 valence electrons. The SMILES string of the molecule is CCc1ccc2sc3nc(=O)c(C)c(-c4ccccc4)n3c2c1CC. The molecule has 2 aromatic carbocycles. The second-order valence-corrected chi connectivity index (χ2v) is 7.24. The molecule has 0 unspecified atom stereocenters. The Morgan fingerprint density at radius 1 is 1.04 bits per heavy atom. The van der Waals surface area contributed by atoms with Crippen LogP contribution in [0.25, 0.3) is 26.4 Å². The summed E-state index contributed by atoms with van der Waals surface area (Å²) in [6.07, 6.45) is 1.97. The summed E-state index contributed by atoms with van der Waals surface area (Å²) in [4.78, 5) is 17.6. The first-order valence-corrected chi connectivity index (χ1v) is 9.49. The summed E-state index contributed by atoms with van der Waals surface area (Å²) in [5.74, 6) is 0. The molecule has 0 aliphatic rings. The van der Waals surface area contributed by atoms with Gasteiger partial charge in [-0.1, -0.05) is 61.6 Å². The predicted octanol–water partition coefficient (Wildman–Crippen LogP) is 5.01. The van der Waals surface area contributed by atoms with Gasteiger partial charge in [-0.15, -0.1) is 0 Å². The molecule has 0 N–H and O–H groups in total. The smallest absolute Gasteiger partial charge is 0.277 e. The molecule has 4 aromatic rings. The van der Waals surface area contributed by atoms with Gasteiger partial charge in [0.05, 0.1) is 15.9 Å². The molecule has 0 bridgehead atoms. The van der Waals surface area contributed by atoms with Crippen LogP contribution in [0.15, 0.2) is 47.3 Å². The van der Waals surface area contributed by atoms with E-state index in [0.29, 0.717) is 5.56 Å². The minimum atomic E-state index is -0.140. The summed E-state index contributed by atoms with van der Waals surface area (Å²) in [5, 5.41) is 0. The van der Waals surface area contributed by atoms with Crippen molar-refractivity contribution in [1.82, 2.24) is 9.38 Å². The highest BCUT2D eigenvalue weighted by Gasteiger charge is 2.18. The molecule has 0 atom stereocenters. The standard InChI is InChI=1S/C21H20N2OS/c1-4-14-11-12-17-19(16(14)5-2)23-18(15-9-7-6-8-10-15)13(3)20(24)22-21(23)25-17/h6-12H,4-5H2,1-3H3. The lowest BCUT2D eigenvalue weighted by Gasteiger charge is -2.13. The molecule has 0 aliphatic heterocycles. The van der Waals surface area contributed by atoms with E-state index in [2.05, 4.69) is 47.5 Å². The number of hydrogen-bond donors (Lipinski definition) is 0. The van der Waals surface area contributed by atoms with Gasteiger partial charge in [-0.3, -0.25) is 9.20 Å². The van der Waals surface area contributed by atoms with Gasteiger partial charge in [0.25, 0.3) is 5.56 Å². The van der Waals surface area contributed by atoms with E-state index in [9.17, 15) is 4.79 Å². The Labute approximate surface area is 150 Å². The fourth-order valence-electron chi connectivity index (χ4n) is 3.61. The van der Waals surface area contributed by atoms with E-state index in [1.807, 2.05) is 25.1 Å². The lowest BCUT2D eigenvalue weighted by molar-refractivity contribution is 1.03. The number of thiazole rings is 1. The molecule has 4 rings (SSSR count). The van der Waals surface area contributed by atoms with Gasteiger partial charge in [0.1, 0.15) is 0 Å². The van der Waals surface area contributed by atoms with Crippen molar-refractivity contribution in [1.29, 1.82) is 0 Å². The summed E-state index contributed by atoms with van der Waals surface area (Å²) < 4.78 is 3.38. The number of benzene rings is 2. The number of aryl methyl sites for hydroxylation is 2. The van der Waals surface area contributed by atoms with Crippen molar-refractivity contribution in [3.63, 3.8) is 0 Å². The van der Waals surface area contributed by atoms with Crippen molar-refractivity contribution >= 4 is 26.5 Å². The summed E-state index contributed by atoms with van der Waals surface area (Å²) in [6, 6.07) is 14.5. The zero-order valence-electron chi connectivity index (χ0n) is 14.7. The molecule has 3 nitrogen and oxygen atoms in total. The molecule has 4 heteroatoms. The summed E-state index contributed by atoms with van der Waals surface area (Å²) in [6.45, 7) is 6.27. The Balaban J connectivity index is 2.27. The lowest BCUT2D eigenvalue weighted by atomic mass is 10.0. The Morgan fingerprint density at radius 2 is 1.80 bits per heavy atom. The van der Waals surface area contributed by atoms with Crippen molar-refractivity contribution in [2.24, 2.45) is 0 Å². The van der Waals surface area contributed by atoms with Gasteiger partial charge in [0.15, 0.2) is 4.96 Å². The first-order chi connectivity index (χ1) is 12.2. The highest BCUT2D eigenvalue weighted by molar-refractivity contribution is 7.23. The van der Waals surface area contributed by atoms with Crippen molar-refractivity contribution in [2.45, 2.75) is 33.6 Å². The average molecular weight is 348 g/mol. The van der Waals surface area contributed by atoms with Crippen LogP contribution in [0.2, 0.25) is 0 Å². The van der Waals surface area contributed by atoms with Crippen LogP contribution in [0.5, 0.6) is 0 Å². The Morgan fingerprint density at radius 3 is 2.48 bits per heavy atom. The van der Waals surface area contributed by atoms with E-state index in [0.717, 1.165) is 29.1 Å². The third kappa shape index (κ3) is 2.40. The van der Waals surface area contributed by atoms with E-state index < -0.39 is 0 Å². The molecule has 2 aromatic heterocycles. The molecular formula is C21H20N2OS. The third-order valence-corrected chi connectivity index (χ3v) is 5.84. The molecule has 0 fully saturated rings. The molecule has 0 aliphatic carbocycles. The quantitative estimate of drug-likeness (QED) is 0.521. The maximum atomic E-state index is 12.5. The lowest BCUT2D eigenvalue weighted by Crippen LogP contribution is -2.14. The van der Waals surface area contributed by atoms with Gasteiger partial charge < -0.3 is 0 Å². The van der Waals surface area contributed by atoms with Gasteiger partial charge in [-0.05, 0) is 42.5 Å². The fourth-order valence-corrected chi connectivity index (χ4v) is 4.66. The summed E-state index contributed by atoms with van der Waals surface area (Å²) >= 11 is 1.59. The zero-order chi connectivity index (χ0) is 17.6. The first kappa shape index (κ1) is 16.0. The Hall–Kier alpha value is -2.46. The number of rotatable bonds is 3. The molecule has 0 spiro atoms. The second kappa shape index (κ2) is 6.12. The van der Waals surface area contributed by atoms with Crippen LogP contribution in [-0.4, -0.2) is 9.38 Å². The van der Waals surface area contributed by atoms with Gasteiger partial charge in [-0.25, -0.2) is 0 Å². The van der Waals surface area contributed by atoms with Crippen LogP contribution in [-0.2, 0) is 12.8 Å². The molecule has 0 amide bonds. The molecule has 25 heavy (non-hydrogen) atoms. The highest BCUT2D eigenvalue weighted by Crippen LogP contribution is 2.34. The van der Waals surface area contributed by atoms with Gasteiger partial charge in [0.2, 0.25) is 0 Å². The van der Waals surface area contributed by atoms with Gasteiger partial charge >= 0.3 is 0 Å². The van der Waals surface area contributed by atoms with Crippen LogP contribution >= 0.6 is 11.3 Å². The number of fused-ring (bicyclic) bond motifs is 3. The molecule has 0 saturated heterocycles. The molecule has 0 radical (unpaired) electrons. The Bertz CT molecular complexity index is 1140. The van der Waals surface area contributed by atoms with Crippen molar-refractivity contribution < 1.29 is 0 Å². The van der Waals surface area contributed by atoms with E-state index in [1.165, 1.54) is 21.3 Å². The maximum absolute atomic E-state index is 12.5. The van der Waals surface area contributed by atoms with Crippen LogP contribution in [0, 0.1) is 6.92 Å². The highest BCUT2D eigenvalue weighted by atomic mass is 32.1. The van der Waals surface area contributed by atoms with E-state index in [1.54, 1.807) is 11.3 Å². The molecule has 0 saturated carbocycles. The average Bonchev–Trinajstić information content (AvgIpc) is 3.00. The number of nitrogens with zero attached hydrogens (tertiary/aromatic N) is 2. The van der Waals surface area contributed by atoms with Crippen LogP contribution in [0.4, 0.5) is 0 Å². The summed E-state index contributed by atoms with van der Waals surface area (Å²) in [7, 11) is 0. The van der Waals surface area contributed by atoms with Crippen molar-refractivity contribution in [3.05, 3.63) is 69.5 Å². The maximum Gasteiger partial charge on any atom is 0.277 e. The third-order valence-electron chi connectivity index (χ3n) is 4.84. The first-order valence-electron chi connectivity index (χ1n) is 8.67. The minimum absolute atomic E-state index is 0.140. The van der Waals surface area contributed by atoms with E-state index >= 15 is 0 Å². The number of aromatic nitrogens is 2. The Kier molecular flexibility index (Phi) is 3.92. The van der Waals surface area contributed by atoms with Crippen LogP contribution in [0.1, 0.15) is 30.5 Å². The minimum Gasteiger partial charge on any atom is -0.284 e. The van der Waals surface area contributed by atoms with Crippen molar-refractivity contribution in [3.8, 4) is 11.3 Å². The van der Waals surface area contributed by atoms with Crippen LogP contribution in [0.3, 0.4) is 0 Å². The second-order valence-electron chi connectivity index (χ2n) is 6.23. The molecule has 2 heterocycles. The monoisotopic (exact) mass is 348 g/mol. The van der Waals surface area contributed by atoms with Crippen molar-refractivity contribution in [2.75, 3.05) is 0 Å². The largest absolute Gasteiger partial charge is 0.284 e. The molecular weight excluding hydrogens is 328 g/mol. The van der Waals surface area contributed by atoms with Gasteiger partial charge in [-0.2, -0.15) is 4.98 Å². The normalized spacial score (nSPS) is 11.5. The predicted molar refractivity (Wildman–Crippen MR) is 106 cm³/mol. The zero-order valence-corrected chi connectivity index (χ0v) is 15.5. The van der Waals surface area contributed by atoms with E-state index in [-0.39, 0.29) is 5.56 Å². The van der Waals surface area contributed by atoms with Gasteiger partial charge in [0, 0.05) is 5.56 Å². The topological polar surface area (TPSA) is 34.4 Å². The van der Waals surface area contributed by atoms with E-state index in [4.69, 9.17) is 0 Å². The fraction of sp³-hybridized carbons (Fsp3) is 0.238. The van der Waals surface area contributed by atoms with Crippen LogP contribution < -0.4 is 5.56 Å².